The van der Waals surface area contributed by atoms with Gasteiger partial charge in [0.1, 0.15) is 0 Å². The molecular formula is C59H43N. The summed E-state index contributed by atoms with van der Waals surface area (Å²) >= 11 is 0. The molecule has 0 radical (unpaired) electrons. The summed E-state index contributed by atoms with van der Waals surface area (Å²) in [6.45, 7) is 4.70. The first kappa shape index (κ1) is 35.7. The van der Waals surface area contributed by atoms with Crippen LogP contribution in [0.4, 0.5) is 17.1 Å². The standard InChI is InChI=1S/C59H43N/c1-59(2)56-28-16-15-25-51(56)52-36-34-44(39-57(52)59)60(42-19-7-4-8-20-42)43-32-29-40(30-33-43)31-35-50-48-23-11-13-26-53(48)58(54-27-14-12-24-49(50)54)55-38-37-45(41-17-5-3-6-18-41)46-21-9-10-22-47(46)55/h3-39H,1-2H3. The number of nitrogens with zero attached hydrogens (tertiary/aromatic N) is 1. The zero-order chi connectivity index (χ0) is 40.2. The molecule has 1 heteroatoms. The number of para-hydroxylation sites is 1. The Morgan fingerprint density at radius 1 is 0.350 bits per heavy atom. The Morgan fingerprint density at radius 2 is 0.833 bits per heavy atom. The quantitative estimate of drug-likeness (QED) is 0.115. The number of hydrogen-bond acceptors (Lipinski definition) is 1. The molecule has 11 rings (SSSR count). The molecule has 284 valence electrons. The molecule has 1 aliphatic rings. The van der Waals surface area contributed by atoms with Crippen LogP contribution in [-0.4, -0.2) is 0 Å². The van der Waals surface area contributed by atoms with Crippen LogP contribution in [0.25, 0.3) is 77.9 Å². The molecule has 0 aromatic heterocycles. The van der Waals surface area contributed by atoms with Gasteiger partial charge >= 0.3 is 0 Å². The van der Waals surface area contributed by atoms with Gasteiger partial charge in [-0.1, -0.05) is 202 Å². The average molecular weight is 766 g/mol. The lowest BCUT2D eigenvalue weighted by Gasteiger charge is -2.28. The van der Waals surface area contributed by atoms with Crippen molar-refractivity contribution in [3.05, 3.63) is 235 Å². The maximum Gasteiger partial charge on any atom is 0.0465 e. The fourth-order valence-corrected chi connectivity index (χ4v) is 9.79. The van der Waals surface area contributed by atoms with Crippen LogP contribution in [0, 0.1) is 0 Å². The Kier molecular flexibility index (Phi) is 8.57. The third-order valence-corrected chi connectivity index (χ3v) is 12.7. The maximum atomic E-state index is 2.40. The summed E-state index contributed by atoms with van der Waals surface area (Å²) in [5, 5.41) is 7.51. The molecule has 0 N–H and O–H groups in total. The predicted molar refractivity (Wildman–Crippen MR) is 257 cm³/mol. The maximum absolute atomic E-state index is 2.40. The van der Waals surface area contributed by atoms with Crippen LogP contribution in [0.3, 0.4) is 0 Å². The van der Waals surface area contributed by atoms with E-state index < -0.39 is 0 Å². The Balaban J connectivity index is 0.993. The summed E-state index contributed by atoms with van der Waals surface area (Å²) in [6, 6.07) is 77.6. The van der Waals surface area contributed by atoms with E-state index in [1.807, 2.05) is 0 Å². The second kappa shape index (κ2) is 14.4. The SMILES string of the molecule is CC1(C)c2ccccc2-c2ccc(N(c3ccccc3)c3ccc(C=Cc4c5ccccc5c(-c5ccc(-c6ccccc6)c6ccccc56)c5ccccc45)cc3)cc21. The number of rotatable bonds is 7. The first-order chi connectivity index (χ1) is 29.5. The zero-order valence-corrected chi connectivity index (χ0v) is 33.8. The average Bonchev–Trinajstić information content (AvgIpc) is 3.54. The lowest BCUT2D eigenvalue weighted by atomic mass is 9.82. The van der Waals surface area contributed by atoms with E-state index in [9.17, 15) is 0 Å². The minimum absolute atomic E-state index is 0.0771. The summed E-state index contributed by atoms with van der Waals surface area (Å²) in [6.07, 6.45) is 4.58. The first-order valence-corrected chi connectivity index (χ1v) is 20.9. The molecular weight excluding hydrogens is 723 g/mol. The van der Waals surface area contributed by atoms with E-state index in [0.717, 1.165) is 22.6 Å². The predicted octanol–water partition coefficient (Wildman–Crippen LogP) is 16.4. The number of benzene rings is 10. The second-order valence-corrected chi connectivity index (χ2v) is 16.4. The Bertz CT molecular complexity index is 3210. The van der Waals surface area contributed by atoms with Crippen molar-refractivity contribution in [2.45, 2.75) is 19.3 Å². The molecule has 1 aliphatic carbocycles. The fourth-order valence-electron chi connectivity index (χ4n) is 9.79. The minimum Gasteiger partial charge on any atom is -0.310 e. The van der Waals surface area contributed by atoms with Crippen LogP contribution in [0.1, 0.15) is 36.1 Å². The fraction of sp³-hybridized carbons (Fsp3) is 0.0508. The van der Waals surface area contributed by atoms with E-state index in [1.54, 1.807) is 0 Å². The molecule has 0 unspecified atom stereocenters. The molecule has 0 atom stereocenters. The lowest BCUT2D eigenvalue weighted by Crippen LogP contribution is -2.16. The highest BCUT2D eigenvalue weighted by molar-refractivity contribution is 6.21. The van der Waals surface area contributed by atoms with Gasteiger partial charge in [0.05, 0.1) is 0 Å². The highest BCUT2D eigenvalue weighted by atomic mass is 15.1. The van der Waals surface area contributed by atoms with E-state index in [2.05, 4.69) is 243 Å². The largest absolute Gasteiger partial charge is 0.310 e. The Morgan fingerprint density at radius 3 is 1.52 bits per heavy atom. The van der Waals surface area contributed by atoms with Gasteiger partial charge in [0.25, 0.3) is 0 Å². The number of hydrogen-bond donors (Lipinski definition) is 0. The summed E-state index contributed by atoms with van der Waals surface area (Å²) in [5.41, 5.74) is 16.2. The van der Waals surface area contributed by atoms with Gasteiger partial charge in [0, 0.05) is 22.5 Å². The normalized spacial score (nSPS) is 12.9. The van der Waals surface area contributed by atoms with Crippen molar-refractivity contribution in [2.75, 3.05) is 4.90 Å². The Hall–Kier alpha value is -7.48. The first-order valence-electron chi connectivity index (χ1n) is 20.9. The van der Waals surface area contributed by atoms with E-state index >= 15 is 0 Å². The molecule has 0 aliphatic heterocycles. The topological polar surface area (TPSA) is 3.24 Å². The van der Waals surface area contributed by atoms with Crippen molar-refractivity contribution >= 4 is 61.5 Å². The lowest BCUT2D eigenvalue weighted by molar-refractivity contribution is 0.660. The van der Waals surface area contributed by atoms with Gasteiger partial charge in [-0.3, -0.25) is 0 Å². The zero-order valence-electron chi connectivity index (χ0n) is 33.8. The molecule has 0 saturated carbocycles. The molecule has 0 saturated heterocycles. The molecule has 0 heterocycles. The third-order valence-electron chi connectivity index (χ3n) is 12.7. The van der Waals surface area contributed by atoms with Crippen molar-refractivity contribution < 1.29 is 0 Å². The van der Waals surface area contributed by atoms with E-state index in [0.29, 0.717) is 0 Å². The van der Waals surface area contributed by atoms with Crippen LogP contribution >= 0.6 is 0 Å². The van der Waals surface area contributed by atoms with Crippen molar-refractivity contribution in [3.8, 4) is 33.4 Å². The van der Waals surface area contributed by atoms with E-state index in [1.165, 1.54) is 82.4 Å². The third kappa shape index (κ3) is 5.85. The van der Waals surface area contributed by atoms with Gasteiger partial charge in [0.15, 0.2) is 0 Å². The van der Waals surface area contributed by atoms with E-state index in [4.69, 9.17) is 0 Å². The number of anilines is 3. The molecule has 10 aromatic rings. The van der Waals surface area contributed by atoms with Gasteiger partial charge in [-0.2, -0.15) is 0 Å². The summed E-state index contributed by atoms with van der Waals surface area (Å²) in [4.78, 5) is 2.38. The van der Waals surface area contributed by atoms with Gasteiger partial charge in [-0.15, -0.1) is 0 Å². The van der Waals surface area contributed by atoms with Crippen LogP contribution < -0.4 is 4.90 Å². The minimum atomic E-state index is -0.0771. The van der Waals surface area contributed by atoms with Crippen LogP contribution in [-0.2, 0) is 5.41 Å². The Labute approximate surface area is 352 Å². The highest BCUT2D eigenvalue weighted by Crippen LogP contribution is 2.51. The van der Waals surface area contributed by atoms with Crippen molar-refractivity contribution in [1.82, 2.24) is 0 Å². The molecule has 0 spiro atoms. The second-order valence-electron chi connectivity index (χ2n) is 16.4. The number of fused-ring (bicyclic) bond motifs is 6. The summed E-state index contributed by atoms with van der Waals surface area (Å²) in [5.74, 6) is 0. The monoisotopic (exact) mass is 765 g/mol. The highest BCUT2D eigenvalue weighted by Gasteiger charge is 2.35. The van der Waals surface area contributed by atoms with Gasteiger partial charge in [0.2, 0.25) is 0 Å². The molecule has 60 heavy (non-hydrogen) atoms. The van der Waals surface area contributed by atoms with Gasteiger partial charge in [-0.25, -0.2) is 0 Å². The van der Waals surface area contributed by atoms with Crippen LogP contribution in [0.15, 0.2) is 212 Å². The summed E-state index contributed by atoms with van der Waals surface area (Å²) < 4.78 is 0. The molecule has 0 fully saturated rings. The van der Waals surface area contributed by atoms with Crippen molar-refractivity contribution in [1.29, 1.82) is 0 Å². The molecule has 0 amide bonds. The summed E-state index contributed by atoms with van der Waals surface area (Å²) in [7, 11) is 0. The van der Waals surface area contributed by atoms with Crippen LogP contribution in [0.2, 0.25) is 0 Å². The van der Waals surface area contributed by atoms with Crippen molar-refractivity contribution in [2.24, 2.45) is 0 Å². The van der Waals surface area contributed by atoms with Gasteiger partial charge < -0.3 is 4.90 Å². The molecule has 1 nitrogen and oxygen atoms in total. The smallest absolute Gasteiger partial charge is 0.0465 e. The molecule has 0 bridgehead atoms. The van der Waals surface area contributed by atoms with Crippen LogP contribution in [0.5, 0.6) is 0 Å². The molecule has 10 aromatic carbocycles. The van der Waals surface area contributed by atoms with Gasteiger partial charge in [-0.05, 0) is 124 Å². The van der Waals surface area contributed by atoms with Crippen molar-refractivity contribution in [3.63, 3.8) is 0 Å². The van der Waals surface area contributed by atoms with E-state index in [-0.39, 0.29) is 5.41 Å².